The third-order valence-electron chi connectivity index (χ3n) is 7.61. The van der Waals surface area contributed by atoms with Crippen LogP contribution in [-0.4, -0.2) is 27.0 Å². The number of rotatable bonds is 8. The molecular formula is C32H46O2Se. The zero-order valence-corrected chi connectivity index (χ0v) is 25.1. The van der Waals surface area contributed by atoms with Crippen molar-refractivity contribution in [1.82, 2.24) is 0 Å². The van der Waals surface area contributed by atoms with Gasteiger partial charge in [-0.15, -0.1) is 0 Å². The van der Waals surface area contributed by atoms with Gasteiger partial charge in [0.1, 0.15) is 0 Å². The molecule has 1 aliphatic carbocycles. The summed E-state index contributed by atoms with van der Waals surface area (Å²) in [5, 5.41) is 0. The molecule has 35 heavy (non-hydrogen) atoms. The number of hydrogen-bond acceptors (Lipinski definition) is 2. The number of ether oxygens (including phenoxy) is 1. The molecule has 1 aliphatic rings. The van der Waals surface area contributed by atoms with Gasteiger partial charge in [-0.05, 0) is 0 Å². The molecule has 0 unspecified atom stereocenters. The van der Waals surface area contributed by atoms with Crippen LogP contribution in [0, 0.1) is 17.8 Å². The average molecular weight is 542 g/mol. The van der Waals surface area contributed by atoms with Crippen LogP contribution in [0.15, 0.2) is 36.4 Å². The van der Waals surface area contributed by atoms with Gasteiger partial charge in [-0.25, -0.2) is 0 Å². The van der Waals surface area contributed by atoms with Crippen LogP contribution >= 0.6 is 0 Å². The van der Waals surface area contributed by atoms with E-state index < -0.39 is 0 Å². The number of esters is 1. The van der Waals surface area contributed by atoms with Crippen molar-refractivity contribution in [2.45, 2.75) is 105 Å². The average Bonchev–Trinajstić information content (AvgIpc) is 2.78. The molecule has 0 amide bonds. The maximum atomic E-state index is 13.0. The summed E-state index contributed by atoms with van der Waals surface area (Å²) in [4.78, 5) is 13.0. The fourth-order valence-corrected chi connectivity index (χ4v) is 8.04. The van der Waals surface area contributed by atoms with Crippen LogP contribution < -0.4 is 8.92 Å². The van der Waals surface area contributed by atoms with Crippen molar-refractivity contribution in [3.8, 4) is 0 Å². The Hall–Kier alpha value is -1.57. The van der Waals surface area contributed by atoms with Crippen molar-refractivity contribution in [1.29, 1.82) is 0 Å². The van der Waals surface area contributed by atoms with Gasteiger partial charge in [0.2, 0.25) is 0 Å². The number of hydrogen-bond donors (Lipinski definition) is 0. The molecule has 0 saturated heterocycles. The molecular weight excluding hydrogens is 495 g/mol. The maximum absolute atomic E-state index is 13.0. The Morgan fingerprint density at radius 2 is 1.43 bits per heavy atom. The molecule has 192 valence electrons. The van der Waals surface area contributed by atoms with Crippen molar-refractivity contribution < 1.29 is 9.53 Å². The van der Waals surface area contributed by atoms with Crippen molar-refractivity contribution in [2.75, 3.05) is 0 Å². The SMILES string of the molecule is CC(C)c1cc(C(C)C)c([Se]c2ccc(C(=O)O[C@@H]3C[C@H](C)CC[C@H]3C(C)C)cc2)c(C(C)C)c1. The molecule has 3 rings (SSSR count). The second-order valence-electron chi connectivity index (χ2n) is 11.9. The van der Waals surface area contributed by atoms with Crippen LogP contribution in [0.25, 0.3) is 0 Å². The zero-order valence-electron chi connectivity index (χ0n) is 23.4. The molecule has 1 saturated carbocycles. The molecule has 3 heteroatoms. The first kappa shape index (κ1) is 28.0. The van der Waals surface area contributed by atoms with E-state index in [2.05, 4.69) is 86.6 Å². The quantitative estimate of drug-likeness (QED) is 0.258. The van der Waals surface area contributed by atoms with E-state index in [1.165, 1.54) is 32.0 Å². The van der Waals surface area contributed by atoms with Gasteiger partial charge in [-0.2, -0.15) is 0 Å². The molecule has 0 heterocycles. The predicted octanol–water partition coefficient (Wildman–Crippen LogP) is 7.33. The Labute approximate surface area is 220 Å². The van der Waals surface area contributed by atoms with E-state index in [1.54, 1.807) is 0 Å². The molecule has 0 aromatic heterocycles. The first-order chi connectivity index (χ1) is 16.5. The van der Waals surface area contributed by atoms with Crippen molar-refractivity contribution >= 4 is 29.8 Å². The minimum atomic E-state index is -0.166. The Bertz CT molecular complexity index is 958. The van der Waals surface area contributed by atoms with E-state index in [0.29, 0.717) is 41.1 Å². The van der Waals surface area contributed by atoms with E-state index in [1.807, 2.05) is 12.1 Å². The van der Waals surface area contributed by atoms with Crippen LogP contribution in [0.4, 0.5) is 0 Å². The monoisotopic (exact) mass is 542 g/mol. The first-order valence-corrected chi connectivity index (χ1v) is 15.4. The normalized spacial score (nSPS) is 20.8. The molecule has 0 aliphatic heterocycles. The molecule has 2 aromatic carbocycles. The van der Waals surface area contributed by atoms with Crippen LogP contribution in [0.1, 0.15) is 126 Å². The van der Waals surface area contributed by atoms with Gasteiger partial charge in [0, 0.05) is 0 Å². The van der Waals surface area contributed by atoms with Gasteiger partial charge in [-0.3, -0.25) is 0 Å². The first-order valence-electron chi connectivity index (χ1n) is 13.6. The van der Waals surface area contributed by atoms with Gasteiger partial charge in [0.05, 0.1) is 0 Å². The summed E-state index contributed by atoms with van der Waals surface area (Å²) in [6.45, 7) is 20.6. The summed E-state index contributed by atoms with van der Waals surface area (Å²) in [5.74, 6) is 2.97. The Kier molecular flexibility index (Phi) is 9.69. The zero-order chi connectivity index (χ0) is 25.9. The summed E-state index contributed by atoms with van der Waals surface area (Å²) < 4.78 is 8.90. The Morgan fingerprint density at radius 3 is 1.91 bits per heavy atom. The van der Waals surface area contributed by atoms with Crippen molar-refractivity contribution in [3.63, 3.8) is 0 Å². The van der Waals surface area contributed by atoms with Crippen LogP contribution in [0.2, 0.25) is 0 Å². The molecule has 1 fully saturated rings. The number of benzene rings is 2. The van der Waals surface area contributed by atoms with Crippen LogP contribution in [-0.2, 0) is 4.74 Å². The van der Waals surface area contributed by atoms with Gasteiger partial charge < -0.3 is 0 Å². The Balaban J connectivity index is 1.81. The summed E-state index contributed by atoms with van der Waals surface area (Å²) in [6, 6.07) is 13.1. The Morgan fingerprint density at radius 1 is 0.857 bits per heavy atom. The second-order valence-corrected chi connectivity index (χ2v) is 14.2. The molecule has 0 N–H and O–H groups in total. The van der Waals surface area contributed by atoms with Gasteiger partial charge in [-0.1, -0.05) is 0 Å². The fraction of sp³-hybridized carbons (Fsp3) is 0.594. The summed E-state index contributed by atoms with van der Waals surface area (Å²) in [7, 11) is 0. The minimum absolute atomic E-state index is 0.0387. The second kappa shape index (κ2) is 12.1. The number of carbonyl (C=O) groups excluding carboxylic acids is 1. The predicted molar refractivity (Wildman–Crippen MR) is 151 cm³/mol. The molecule has 0 bridgehead atoms. The molecule has 0 radical (unpaired) electrons. The van der Waals surface area contributed by atoms with E-state index in [-0.39, 0.29) is 27.0 Å². The third-order valence-corrected chi connectivity index (χ3v) is 10.1. The van der Waals surface area contributed by atoms with E-state index in [4.69, 9.17) is 4.74 Å². The van der Waals surface area contributed by atoms with Gasteiger partial charge >= 0.3 is 221 Å². The summed E-state index contributed by atoms with van der Waals surface area (Å²) >= 11 is 0.193. The molecule has 3 atom stereocenters. The molecule has 0 spiro atoms. The molecule has 2 aromatic rings. The topological polar surface area (TPSA) is 26.3 Å². The van der Waals surface area contributed by atoms with Gasteiger partial charge in [0.25, 0.3) is 0 Å². The summed E-state index contributed by atoms with van der Waals surface area (Å²) in [5.41, 5.74) is 5.07. The van der Waals surface area contributed by atoms with Gasteiger partial charge in [0.15, 0.2) is 0 Å². The van der Waals surface area contributed by atoms with Crippen LogP contribution in [0.3, 0.4) is 0 Å². The standard InChI is InChI=1S/C32H46O2Se/c1-19(2)25-17-28(21(5)6)31(29(18-25)22(7)8)35-26-13-11-24(12-14-26)32(33)34-30-16-23(9)10-15-27(30)20(3)4/h11-14,17-23,27,30H,10,15-16H2,1-9H3/t23-,27+,30-/m1/s1. The number of carbonyl (C=O) groups is 1. The van der Waals surface area contributed by atoms with Crippen molar-refractivity contribution in [3.05, 3.63) is 58.7 Å². The summed E-state index contributed by atoms with van der Waals surface area (Å²) in [6.07, 6.45) is 3.42. The van der Waals surface area contributed by atoms with Crippen molar-refractivity contribution in [2.24, 2.45) is 17.8 Å². The van der Waals surface area contributed by atoms with E-state index in [9.17, 15) is 4.79 Å². The molecule has 2 nitrogen and oxygen atoms in total. The van der Waals surface area contributed by atoms with E-state index in [0.717, 1.165) is 12.8 Å². The fourth-order valence-electron chi connectivity index (χ4n) is 5.24. The van der Waals surface area contributed by atoms with Crippen LogP contribution in [0.5, 0.6) is 0 Å². The van der Waals surface area contributed by atoms with E-state index >= 15 is 0 Å². The third kappa shape index (κ3) is 7.01.